The Bertz CT molecular complexity index is 507. The first-order chi connectivity index (χ1) is 10.6. The van der Waals surface area contributed by atoms with Crippen LogP contribution < -0.4 is 10.5 Å². The number of hydrogen-bond acceptors (Lipinski definition) is 6. The molecule has 1 saturated heterocycles. The van der Waals surface area contributed by atoms with Gasteiger partial charge in [0.25, 0.3) is 5.56 Å². The summed E-state index contributed by atoms with van der Waals surface area (Å²) in [6, 6.07) is 1.48. The molecule has 22 heavy (non-hydrogen) atoms. The third-order valence-corrected chi connectivity index (χ3v) is 4.13. The molecular weight excluding hydrogens is 282 g/mol. The van der Waals surface area contributed by atoms with Gasteiger partial charge in [-0.1, -0.05) is 6.92 Å². The van der Waals surface area contributed by atoms with Crippen LogP contribution in [0.5, 0.6) is 0 Å². The maximum absolute atomic E-state index is 11.4. The summed E-state index contributed by atoms with van der Waals surface area (Å²) in [7, 11) is 2.12. The van der Waals surface area contributed by atoms with Crippen molar-refractivity contribution in [1.82, 2.24) is 19.8 Å². The van der Waals surface area contributed by atoms with Gasteiger partial charge < -0.3 is 19.9 Å². The van der Waals surface area contributed by atoms with Gasteiger partial charge in [0.05, 0.1) is 12.4 Å². The van der Waals surface area contributed by atoms with Crippen molar-refractivity contribution in [3.8, 4) is 0 Å². The maximum atomic E-state index is 11.4. The number of aromatic nitrogens is 2. The Morgan fingerprint density at radius 1 is 1.45 bits per heavy atom. The zero-order valence-electron chi connectivity index (χ0n) is 13.5. The zero-order chi connectivity index (χ0) is 15.9. The summed E-state index contributed by atoms with van der Waals surface area (Å²) in [5.41, 5.74) is -0.164. The lowest BCUT2D eigenvalue weighted by Gasteiger charge is -2.23. The molecule has 0 spiro atoms. The molecule has 1 aliphatic rings. The minimum Gasteiger partial charge on any atom is -0.390 e. The van der Waals surface area contributed by atoms with E-state index in [1.807, 2.05) is 4.90 Å². The van der Waals surface area contributed by atoms with E-state index >= 15 is 0 Å². The van der Waals surface area contributed by atoms with Gasteiger partial charge in [0.2, 0.25) is 0 Å². The van der Waals surface area contributed by atoms with E-state index in [0.29, 0.717) is 18.9 Å². The summed E-state index contributed by atoms with van der Waals surface area (Å²) in [4.78, 5) is 24.7. The van der Waals surface area contributed by atoms with Crippen LogP contribution in [0.25, 0.3) is 0 Å². The molecule has 1 fully saturated rings. The van der Waals surface area contributed by atoms with Crippen LogP contribution in [0.3, 0.4) is 0 Å². The van der Waals surface area contributed by atoms with Crippen molar-refractivity contribution in [2.45, 2.75) is 19.4 Å². The molecule has 1 aliphatic heterocycles. The van der Waals surface area contributed by atoms with Gasteiger partial charge in [0, 0.05) is 32.2 Å². The predicted molar refractivity (Wildman–Crippen MR) is 87.3 cm³/mol. The second kappa shape index (κ2) is 8.26. The predicted octanol–water partition coefficient (Wildman–Crippen LogP) is -0.405. The summed E-state index contributed by atoms with van der Waals surface area (Å²) in [6.45, 7) is 8.11. The number of rotatable bonds is 6. The Morgan fingerprint density at radius 3 is 3.00 bits per heavy atom. The van der Waals surface area contributed by atoms with Crippen molar-refractivity contribution in [1.29, 1.82) is 0 Å². The van der Waals surface area contributed by atoms with Crippen LogP contribution in [0.4, 0.5) is 5.82 Å². The molecule has 7 heteroatoms. The van der Waals surface area contributed by atoms with Crippen molar-refractivity contribution in [2.24, 2.45) is 0 Å². The summed E-state index contributed by atoms with van der Waals surface area (Å²) >= 11 is 0. The number of nitrogens with one attached hydrogen (secondary N) is 1. The standard InChI is InChI=1S/C15H27N5O2/c1-3-18(2)5-4-6-19-7-8-20(11-13(21)10-19)14-9-15(22)17-12-16-14/h9,12-13,21H,3-8,10-11H2,1-2H3,(H,16,17,22)/t13-/m0/s1. The maximum Gasteiger partial charge on any atom is 0.252 e. The first-order valence-electron chi connectivity index (χ1n) is 7.97. The Hall–Kier alpha value is -1.44. The topological polar surface area (TPSA) is 75.7 Å². The van der Waals surface area contributed by atoms with Gasteiger partial charge >= 0.3 is 0 Å². The number of hydrogen-bond donors (Lipinski definition) is 2. The average molecular weight is 309 g/mol. The fourth-order valence-electron chi connectivity index (χ4n) is 2.72. The van der Waals surface area contributed by atoms with Crippen LogP contribution in [-0.4, -0.2) is 83.8 Å². The number of aliphatic hydroxyl groups is 1. The molecule has 0 saturated carbocycles. The van der Waals surface area contributed by atoms with Crippen LogP contribution in [-0.2, 0) is 0 Å². The molecule has 2 N–H and O–H groups in total. The molecule has 0 unspecified atom stereocenters. The smallest absolute Gasteiger partial charge is 0.252 e. The summed E-state index contributed by atoms with van der Waals surface area (Å²) in [5, 5.41) is 10.2. The monoisotopic (exact) mass is 309 g/mol. The van der Waals surface area contributed by atoms with Crippen LogP contribution in [0.2, 0.25) is 0 Å². The van der Waals surface area contributed by atoms with Gasteiger partial charge in [-0.05, 0) is 33.1 Å². The summed E-state index contributed by atoms with van der Waals surface area (Å²) in [6.07, 6.45) is 2.08. The van der Waals surface area contributed by atoms with E-state index in [-0.39, 0.29) is 5.56 Å². The van der Waals surface area contributed by atoms with Crippen molar-refractivity contribution in [3.05, 3.63) is 22.7 Å². The fourth-order valence-corrected chi connectivity index (χ4v) is 2.72. The number of nitrogens with zero attached hydrogens (tertiary/aromatic N) is 4. The third-order valence-electron chi connectivity index (χ3n) is 4.13. The van der Waals surface area contributed by atoms with Crippen molar-refractivity contribution in [3.63, 3.8) is 0 Å². The van der Waals surface area contributed by atoms with Crippen LogP contribution >= 0.6 is 0 Å². The van der Waals surface area contributed by atoms with E-state index in [9.17, 15) is 9.90 Å². The van der Waals surface area contributed by atoms with Crippen LogP contribution in [0.15, 0.2) is 17.2 Å². The second-order valence-corrected chi connectivity index (χ2v) is 5.92. The molecule has 2 rings (SSSR count). The van der Waals surface area contributed by atoms with E-state index in [1.165, 1.54) is 12.4 Å². The van der Waals surface area contributed by atoms with E-state index in [1.54, 1.807) is 0 Å². The quantitative estimate of drug-likeness (QED) is 0.744. The van der Waals surface area contributed by atoms with E-state index in [0.717, 1.165) is 39.1 Å². The molecule has 0 amide bonds. The van der Waals surface area contributed by atoms with E-state index in [2.05, 4.69) is 33.7 Å². The molecule has 7 nitrogen and oxygen atoms in total. The van der Waals surface area contributed by atoms with Crippen LogP contribution in [0.1, 0.15) is 13.3 Å². The zero-order valence-corrected chi connectivity index (χ0v) is 13.5. The second-order valence-electron chi connectivity index (χ2n) is 5.92. The highest BCUT2D eigenvalue weighted by molar-refractivity contribution is 5.37. The molecule has 0 aromatic carbocycles. The lowest BCUT2D eigenvalue weighted by Crippen LogP contribution is -2.35. The Labute approximate surface area is 131 Å². The van der Waals surface area contributed by atoms with Crippen molar-refractivity contribution in [2.75, 3.05) is 57.8 Å². The minimum absolute atomic E-state index is 0.164. The minimum atomic E-state index is -0.424. The largest absolute Gasteiger partial charge is 0.390 e. The molecule has 0 bridgehead atoms. The van der Waals surface area contributed by atoms with Gasteiger partial charge in [0.1, 0.15) is 5.82 Å². The van der Waals surface area contributed by atoms with Gasteiger partial charge in [-0.2, -0.15) is 0 Å². The molecule has 0 aliphatic carbocycles. The highest BCUT2D eigenvalue weighted by Gasteiger charge is 2.22. The number of anilines is 1. The number of aliphatic hydroxyl groups excluding tert-OH is 1. The first kappa shape index (κ1) is 16.9. The SMILES string of the molecule is CCN(C)CCCN1CCN(c2cc(=O)[nH]cn2)C[C@@H](O)C1. The molecule has 1 aromatic heterocycles. The Morgan fingerprint density at radius 2 is 2.27 bits per heavy atom. The highest BCUT2D eigenvalue weighted by atomic mass is 16.3. The average Bonchev–Trinajstić information content (AvgIpc) is 2.68. The van der Waals surface area contributed by atoms with Gasteiger partial charge in [0.15, 0.2) is 0 Å². The molecular formula is C15H27N5O2. The van der Waals surface area contributed by atoms with Gasteiger partial charge in [-0.25, -0.2) is 4.98 Å². The summed E-state index contributed by atoms with van der Waals surface area (Å²) < 4.78 is 0. The number of β-amino-alcohol motifs (C(OH)–C–C–N with tert-alkyl or cyclic N) is 1. The lowest BCUT2D eigenvalue weighted by molar-refractivity contribution is 0.130. The molecule has 1 aromatic rings. The van der Waals surface area contributed by atoms with Crippen molar-refractivity contribution >= 4 is 5.82 Å². The molecule has 1 atom stereocenters. The normalized spacial score (nSPS) is 20.4. The lowest BCUT2D eigenvalue weighted by atomic mass is 10.3. The first-order valence-corrected chi connectivity index (χ1v) is 7.97. The molecule has 0 radical (unpaired) electrons. The summed E-state index contributed by atoms with van der Waals surface area (Å²) in [5.74, 6) is 0.635. The van der Waals surface area contributed by atoms with E-state index in [4.69, 9.17) is 0 Å². The Balaban J connectivity index is 1.88. The number of aromatic amines is 1. The molecule has 2 heterocycles. The van der Waals surface area contributed by atoms with Crippen molar-refractivity contribution < 1.29 is 5.11 Å². The van der Waals surface area contributed by atoms with E-state index < -0.39 is 6.10 Å². The fraction of sp³-hybridized carbons (Fsp3) is 0.733. The van der Waals surface area contributed by atoms with Crippen LogP contribution in [0, 0.1) is 0 Å². The highest BCUT2D eigenvalue weighted by Crippen LogP contribution is 2.11. The van der Waals surface area contributed by atoms with Gasteiger partial charge in [-0.15, -0.1) is 0 Å². The third kappa shape index (κ3) is 5.08. The molecule has 124 valence electrons. The Kier molecular flexibility index (Phi) is 6.35. The number of H-pyrrole nitrogens is 1. The van der Waals surface area contributed by atoms with Gasteiger partial charge in [-0.3, -0.25) is 9.69 Å².